The number of nitrogens with one attached hydrogen (secondary N) is 1. The van der Waals surface area contributed by atoms with E-state index in [1.54, 1.807) is 12.1 Å². The van der Waals surface area contributed by atoms with Gasteiger partial charge in [0.2, 0.25) is 0 Å². The number of hydrogen-bond donors (Lipinski definition) is 1. The third-order valence-electron chi connectivity index (χ3n) is 2.74. The lowest BCUT2D eigenvalue weighted by atomic mass is 9.90. The Labute approximate surface area is 99.7 Å². The van der Waals surface area contributed by atoms with Gasteiger partial charge in [0.1, 0.15) is 5.60 Å². The van der Waals surface area contributed by atoms with E-state index in [1.807, 2.05) is 20.0 Å². The summed E-state index contributed by atoms with van der Waals surface area (Å²) in [6, 6.07) is 5.27. The van der Waals surface area contributed by atoms with Crippen molar-refractivity contribution in [1.29, 1.82) is 0 Å². The number of benzene rings is 1. The Balaban J connectivity index is 2.38. The number of likely N-dealkylation sites (N-methyl/N-ethyl adjacent to an activating group) is 1. The van der Waals surface area contributed by atoms with Crippen LogP contribution in [0.1, 0.15) is 22.8 Å². The third kappa shape index (κ3) is 2.06. The first-order chi connectivity index (χ1) is 7.54. The molecule has 1 aliphatic heterocycles. The highest BCUT2D eigenvalue weighted by Gasteiger charge is 2.35. The minimum atomic E-state index is -0.483. The Morgan fingerprint density at radius 1 is 1.56 bits per heavy atom. The summed E-state index contributed by atoms with van der Waals surface area (Å²) in [4.78, 5) is 11.8. The normalized spacial score (nSPS) is 23.8. The zero-order chi connectivity index (χ0) is 11.8. The second kappa shape index (κ2) is 4.07. The molecule has 16 heavy (non-hydrogen) atoms. The monoisotopic (exact) mass is 239 g/mol. The summed E-state index contributed by atoms with van der Waals surface area (Å²) in [6.07, 6.45) is 0.690. The van der Waals surface area contributed by atoms with E-state index in [4.69, 9.17) is 16.3 Å². The van der Waals surface area contributed by atoms with Crippen LogP contribution in [0, 0.1) is 0 Å². The summed E-state index contributed by atoms with van der Waals surface area (Å²) < 4.78 is 5.44. The summed E-state index contributed by atoms with van der Waals surface area (Å²) >= 11 is 5.93. The van der Waals surface area contributed by atoms with E-state index in [0.29, 0.717) is 23.6 Å². The van der Waals surface area contributed by atoms with Crippen molar-refractivity contribution >= 4 is 17.6 Å². The van der Waals surface area contributed by atoms with Crippen molar-refractivity contribution in [2.24, 2.45) is 0 Å². The quantitative estimate of drug-likeness (QED) is 0.803. The van der Waals surface area contributed by atoms with Gasteiger partial charge in [-0.2, -0.15) is 0 Å². The van der Waals surface area contributed by atoms with Crippen molar-refractivity contribution in [1.82, 2.24) is 5.32 Å². The lowest BCUT2D eigenvalue weighted by Gasteiger charge is -2.34. The SMILES string of the molecule is CNCC1(C)Cc2cc(Cl)ccc2C(=O)O1. The van der Waals surface area contributed by atoms with E-state index in [1.165, 1.54) is 0 Å². The van der Waals surface area contributed by atoms with Crippen LogP contribution in [-0.2, 0) is 11.2 Å². The van der Waals surface area contributed by atoms with Gasteiger partial charge in [0.05, 0.1) is 5.56 Å². The molecule has 1 aromatic rings. The van der Waals surface area contributed by atoms with Gasteiger partial charge in [-0.3, -0.25) is 0 Å². The van der Waals surface area contributed by atoms with Crippen LogP contribution in [0.3, 0.4) is 0 Å². The maximum absolute atomic E-state index is 11.8. The lowest BCUT2D eigenvalue weighted by molar-refractivity contribution is -0.0139. The van der Waals surface area contributed by atoms with Gasteiger partial charge in [-0.15, -0.1) is 0 Å². The molecule has 2 rings (SSSR count). The summed E-state index contributed by atoms with van der Waals surface area (Å²) in [7, 11) is 1.84. The fourth-order valence-electron chi connectivity index (χ4n) is 2.10. The van der Waals surface area contributed by atoms with Gasteiger partial charge in [0.25, 0.3) is 0 Å². The number of carbonyl (C=O) groups excluding carboxylic acids is 1. The molecule has 0 aromatic heterocycles. The molecular weight excluding hydrogens is 226 g/mol. The molecule has 1 atom stereocenters. The number of esters is 1. The number of carbonyl (C=O) groups is 1. The highest BCUT2D eigenvalue weighted by Crippen LogP contribution is 2.29. The van der Waals surface area contributed by atoms with Crippen molar-refractivity contribution in [3.05, 3.63) is 34.3 Å². The Kier molecular flexibility index (Phi) is 2.91. The summed E-state index contributed by atoms with van der Waals surface area (Å²) in [5, 5.41) is 3.69. The lowest BCUT2D eigenvalue weighted by Crippen LogP contribution is -2.46. The molecule has 0 aliphatic carbocycles. The highest BCUT2D eigenvalue weighted by molar-refractivity contribution is 6.30. The fourth-order valence-corrected chi connectivity index (χ4v) is 2.29. The van der Waals surface area contributed by atoms with Crippen molar-refractivity contribution in [2.45, 2.75) is 18.9 Å². The molecule has 1 N–H and O–H groups in total. The smallest absolute Gasteiger partial charge is 0.339 e. The molecule has 0 bridgehead atoms. The van der Waals surface area contributed by atoms with E-state index in [2.05, 4.69) is 5.32 Å². The van der Waals surface area contributed by atoms with Crippen molar-refractivity contribution < 1.29 is 9.53 Å². The number of hydrogen-bond acceptors (Lipinski definition) is 3. The molecule has 1 aliphatic rings. The van der Waals surface area contributed by atoms with Gasteiger partial charge < -0.3 is 10.1 Å². The van der Waals surface area contributed by atoms with Crippen LogP contribution < -0.4 is 5.32 Å². The van der Waals surface area contributed by atoms with E-state index >= 15 is 0 Å². The molecule has 86 valence electrons. The standard InChI is InChI=1S/C12H14ClNO2/c1-12(7-14-2)6-8-5-9(13)3-4-10(8)11(15)16-12/h3-5,14H,6-7H2,1-2H3. The average Bonchev–Trinajstić information content (AvgIpc) is 2.15. The van der Waals surface area contributed by atoms with Crippen LogP contribution in [0.25, 0.3) is 0 Å². The van der Waals surface area contributed by atoms with E-state index in [-0.39, 0.29) is 5.97 Å². The van der Waals surface area contributed by atoms with Gasteiger partial charge in [-0.25, -0.2) is 4.79 Å². The van der Waals surface area contributed by atoms with Gasteiger partial charge in [0.15, 0.2) is 0 Å². The van der Waals surface area contributed by atoms with Crippen molar-refractivity contribution in [2.75, 3.05) is 13.6 Å². The van der Waals surface area contributed by atoms with Crippen LogP contribution in [0.2, 0.25) is 5.02 Å². The molecule has 0 saturated heterocycles. The van der Waals surface area contributed by atoms with Crippen LogP contribution in [0.15, 0.2) is 18.2 Å². The second-order valence-electron chi connectivity index (χ2n) is 4.35. The zero-order valence-corrected chi connectivity index (χ0v) is 10.1. The third-order valence-corrected chi connectivity index (χ3v) is 2.98. The van der Waals surface area contributed by atoms with Crippen molar-refractivity contribution in [3.8, 4) is 0 Å². The Hall–Kier alpha value is -1.06. The second-order valence-corrected chi connectivity index (χ2v) is 4.78. The number of fused-ring (bicyclic) bond motifs is 1. The molecule has 3 nitrogen and oxygen atoms in total. The van der Waals surface area contributed by atoms with Gasteiger partial charge in [-0.1, -0.05) is 11.6 Å². The first-order valence-corrected chi connectivity index (χ1v) is 5.58. The minimum absolute atomic E-state index is 0.268. The van der Waals surface area contributed by atoms with Crippen LogP contribution in [-0.4, -0.2) is 25.2 Å². The van der Waals surface area contributed by atoms with E-state index in [0.717, 1.165) is 5.56 Å². The largest absolute Gasteiger partial charge is 0.454 e. The molecule has 0 fully saturated rings. The fraction of sp³-hybridized carbons (Fsp3) is 0.417. The van der Waals surface area contributed by atoms with Crippen LogP contribution in [0.4, 0.5) is 0 Å². The van der Waals surface area contributed by atoms with Crippen molar-refractivity contribution in [3.63, 3.8) is 0 Å². The summed E-state index contributed by atoms with van der Waals surface area (Å²) in [6.45, 7) is 2.55. The highest BCUT2D eigenvalue weighted by atomic mass is 35.5. The first kappa shape index (κ1) is 11.4. The molecule has 0 spiro atoms. The average molecular weight is 240 g/mol. The molecule has 1 heterocycles. The maximum Gasteiger partial charge on any atom is 0.339 e. The predicted octanol–water partition coefficient (Wildman–Crippen LogP) is 2.03. The van der Waals surface area contributed by atoms with Gasteiger partial charge in [-0.05, 0) is 37.7 Å². The maximum atomic E-state index is 11.8. The molecule has 0 amide bonds. The Morgan fingerprint density at radius 2 is 2.31 bits per heavy atom. The molecule has 4 heteroatoms. The summed E-state index contributed by atoms with van der Waals surface area (Å²) in [5.74, 6) is -0.268. The summed E-state index contributed by atoms with van der Waals surface area (Å²) in [5.41, 5.74) is 1.10. The predicted molar refractivity (Wildman–Crippen MR) is 62.9 cm³/mol. The van der Waals surface area contributed by atoms with Gasteiger partial charge in [0, 0.05) is 18.0 Å². The number of rotatable bonds is 2. The molecule has 1 unspecified atom stereocenters. The Bertz CT molecular complexity index is 433. The number of ether oxygens (including phenoxy) is 1. The molecular formula is C12H14ClNO2. The van der Waals surface area contributed by atoms with E-state index in [9.17, 15) is 4.79 Å². The molecule has 0 radical (unpaired) electrons. The minimum Gasteiger partial charge on any atom is -0.454 e. The first-order valence-electron chi connectivity index (χ1n) is 5.20. The zero-order valence-electron chi connectivity index (χ0n) is 9.34. The number of cyclic esters (lactones) is 1. The Morgan fingerprint density at radius 3 is 3.00 bits per heavy atom. The van der Waals surface area contributed by atoms with Crippen LogP contribution in [0.5, 0.6) is 0 Å². The number of halogens is 1. The molecule has 0 saturated carbocycles. The van der Waals surface area contributed by atoms with Gasteiger partial charge >= 0.3 is 5.97 Å². The van der Waals surface area contributed by atoms with E-state index < -0.39 is 5.60 Å². The molecule has 1 aromatic carbocycles. The topological polar surface area (TPSA) is 38.3 Å². The van der Waals surface area contributed by atoms with Crippen LogP contribution >= 0.6 is 11.6 Å².